The Bertz CT molecular complexity index is 718. The Labute approximate surface area is 115 Å². The van der Waals surface area contributed by atoms with Gasteiger partial charge in [-0.1, -0.05) is 24.3 Å². The monoisotopic (exact) mass is 272 g/mol. The summed E-state index contributed by atoms with van der Waals surface area (Å²) >= 11 is 1.69. The van der Waals surface area contributed by atoms with Gasteiger partial charge in [-0.2, -0.15) is 0 Å². The standard InChI is InChI=1S/C16H13FOS/c1-11-6-7-13-12(10-19-16(13)8-11)9-18-15-5-3-2-4-14(15)17/h2-8,10H,9H2,1H3. The highest BCUT2D eigenvalue weighted by atomic mass is 32.1. The lowest BCUT2D eigenvalue weighted by Crippen LogP contribution is -1.96. The molecule has 1 heterocycles. The molecule has 0 fully saturated rings. The van der Waals surface area contributed by atoms with Gasteiger partial charge in [0.2, 0.25) is 0 Å². The zero-order chi connectivity index (χ0) is 13.2. The van der Waals surface area contributed by atoms with Crippen molar-refractivity contribution in [2.45, 2.75) is 13.5 Å². The summed E-state index contributed by atoms with van der Waals surface area (Å²) < 4.78 is 20.3. The zero-order valence-corrected chi connectivity index (χ0v) is 11.3. The normalized spacial score (nSPS) is 10.8. The van der Waals surface area contributed by atoms with Crippen LogP contribution in [-0.2, 0) is 6.61 Å². The minimum absolute atomic E-state index is 0.300. The maximum atomic E-state index is 13.5. The third kappa shape index (κ3) is 2.47. The van der Waals surface area contributed by atoms with E-state index in [1.165, 1.54) is 21.7 Å². The fourth-order valence-electron chi connectivity index (χ4n) is 2.02. The van der Waals surface area contributed by atoms with Crippen LogP contribution in [0.25, 0.3) is 10.1 Å². The van der Waals surface area contributed by atoms with E-state index in [9.17, 15) is 4.39 Å². The van der Waals surface area contributed by atoms with Crippen molar-refractivity contribution in [3.05, 3.63) is 64.8 Å². The molecule has 0 radical (unpaired) electrons. The average molecular weight is 272 g/mol. The van der Waals surface area contributed by atoms with Crippen LogP contribution >= 0.6 is 11.3 Å². The lowest BCUT2D eigenvalue weighted by Gasteiger charge is -2.06. The molecule has 0 amide bonds. The van der Waals surface area contributed by atoms with Crippen LogP contribution in [0.1, 0.15) is 11.1 Å². The molecule has 1 nitrogen and oxygen atoms in total. The summed E-state index contributed by atoms with van der Waals surface area (Å²) in [6.45, 7) is 2.47. The highest BCUT2D eigenvalue weighted by Crippen LogP contribution is 2.28. The maximum Gasteiger partial charge on any atom is 0.165 e. The van der Waals surface area contributed by atoms with Crippen molar-refractivity contribution in [1.82, 2.24) is 0 Å². The van der Waals surface area contributed by atoms with E-state index < -0.39 is 0 Å². The summed E-state index contributed by atoms with van der Waals surface area (Å²) in [5, 5.41) is 3.26. The molecule has 3 aromatic rings. The van der Waals surface area contributed by atoms with E-state index in [0.717, 1.165) is 5.56 Å². The molecule has 96 valence electrons. The van der Waals surface area contributed by atoms with Crippen molar-refractivity contribution >= 4 is 21.4 Å². The molecule has 0 spiro atoms. The van der Waals surface area contributed by atoms with Gasteiger partial charge in [-0.15, -0.1) is 11.3 Å². The Morgan fingerprint density at radius 3 is 2.84 bits per heavy atom. The summed E-state index contributed by atoms with van der Waals surface area (Å²) in [4.78, 5) is 0. The molecular formula is C16H13FOS. The molecule has 0 bridgehead atoms. The van der Waals surface area contributed by atoms with Crippen molar-refractivity contribution < 1.29 is 9.13 Å². The Balaban J connectivity index is 1.84. The van der Waals surface area contributed by atoms with Crippen LogP contribution in [0, 0.1) is 12.7 Å². The van der Waals surface area contributed by atoms with Crippen molar-refractivity contribution in [3.63, 3.8) is 0 Å². The van der Waals surface area contributed by atoms with Crippen LogP contribution in [0.15, 0.2) is 47.8 Å². The topological polar surface area (TPSA) is 9.23 Å². The Kier molecular flexibility index (Phi) is 3.22. The van der Waals surface area contributed by atoms with Gasteiger partial charge in [0, 0.05) is 10.3 Å². The maximum absolute atomic E-state index is 13.5. The van der Waals surface area contributed by atoms with Crippen LogP contribution < -0.4 is 4.74 Å². The minimum atomic E-state index is -0.321. The number of hydrogen-bond donors (Lipinski definition) is 0. The quantitative estimate of drug-likeness (QED) is 0.657. The smallest absolute Gasteiger partial charge is 0.165 e. The summed E-state index contributed by atoms with van der Waals surface area (Å²) in [6.07, 6.45) is 0. The number of thiophene rings is 1. The molecule has 0 atom stereocenters. The van der Waals surface area contributed by atoms with Crippen LogP contribution in [0.2, 0.25) is 0 Å². The third-order valence-corrected chi connectivity index (χ3v) is 4.03. The number of benzene rings is 2. The fourth-order valence-corrected chi connectivity index (χ4v) is 3.06. The third-order valence-electron chi connectivity index (χ3n) is 3.03. The Hall–Kier alpha value is -1.87. The summed E-state index contributed by atoms with van der Waals surface area (Å²) in [7, 11) is 0. The van der Waals surface area contributed by atoms with Gasteiger partial charge in [0.1, 0.15) is 6.61 Å². The summed E-state index contributed by atoms with van der Waals surface area (Å²) in [5.74, 6) is -0.0214. The molecule has 0 saturated carbocycles. The molecule has 19 heavy (non-hydrogen) atoms. The summed E-state index contributed by atoms with van der Waals surface area (Å²) in [6, 6.07) is 12.8. The van der Waals surface area contributed by atoms with E-state index in [1.54, 1.807) is 29.5 Å². The van der Waals surface area contributed by atoms with Crippen LogP contribution in [0.4, 0.5) is 4.39 Å². The fraction of sp³-hybridized carbons (Fsp3) is 0.125. The van der Waals surface area contributed by atoms with E-state index in [0.29, 0.717) is 12.4 Å². The van der Waals surface area contributed by atoms with E-state index in [1.807, 2.05) is 0 Å². The number of ether oxygens (including phenoxy) is 1. The Morgan fingerprint density at radius 2 is 2.00 bits per heavy atom. The highest BCUT2D eigenvalue weighted by molar-refractivity contribution is 7.17. The van der Waals surface area contributed by atoms with Crippen molar-refractivity contribution in [1.29, 1.82) is 0 Å². The summed E-state index contributed by atoms with van der Waals surface area (Å²) in [5.41, 5.74) is 2.35. The van der Waals surface area contributed by atoms with Gasteiger partial charge in [-0.25, -0.2) is 4.39 Å². The largest absolute Gasteiger partial charge is 0.486 e. The number of rotatable bonds is 3. The van der Waals surface area contributed by atoms with E-state index in [2.05, 4.69) is 30.5 Å². The lowest BCUT2D eigenvalue weighted by molar-refractivity contribution is 0.292. The molecule has 2 aromatic carbocycles. The first-order valence-electron chi connectivity index (χ1n) is 6.08. The number of hydrogen-bond acceptors (Lipinski definition) is 2. The second-order valence-corrected chi connectivity index (χ2v) is 5.39. The number of aryl methyl sites for hydroxylation is 1. The zero-order valence-electron chi connectivity index (χ0n) is 10.5. The first-order valence-corrected chi connectivity index (χ1v) is 6.96. The van der Waals surface area contributed by atoms with Gasteiger partial charge in [-0.05, 0) is 41.5 Å². The van der Waals surface area contributed by atoms with E-state index in [-0.39, 0.29) is 5.82 Å². The molecule has 0 saturated heterocycles. The average Bonchev–Trinajstić information content (AvgIpc) is 2.80. The van der Waals surface area contributed by atoms with Crippen LogP contribution in [0.5, 0.6) is 5.75 Å². The molecule has 1 aromatic heterocycles. The molecule has 0 aliphatic carbocycles. The first-order chi connectivity index (χ1) is 9.24. The van der Waals surface area contributed by atoms with Crippen molar-refractivity contribution in [3.8, 4) is 5.75 Å². The molecule has 0 N–H and O–H groups in total. The lowest BCUT2D eigenvalue weighted by atomic mass is 10.1. The predicted octanol–water partition coefficient (Wildman–Crippen LogP) is 4.93. The van der Waals surface area contributed by atoms with Gasteiger partial charge in [0.05, 0.1) is 0 Å². The molecule has 3 rings (SSSR count). The van der Waals surface area contributed by atoms with Crippen LogP contribution in [-0.4, -0.2) is 0 Å². The first kappa shape index (κ1) is 12.2. The number of para-hydroxylation sites is 1. The molecule has 0 aliphatic heterocycles. The van der Waals surface area contributed by atoms with E-state index >= 15 is 0 Å². The van der Waals surface area contributed by atoms with Crippen molar-refractivity contribution in [2.75, 3.05) is 0 Å². The minimum Gasteiger partial charge on any atom is -0.486 e. The van der Waals surface area contributed by atoms with Crippen molar-refractivity contribution in [2.24, 2.45) is 0 Å². The van der Waals surface area contributed by atoms with Gasteiger partial charge in [-0.3, -0.25) is 0 Å². The molecule has 0 unspecified atom stereocenters. The SMILES string of the molecule is Cc1ccc2c(COc3ccccc3F)csc2c1. The second kappa shape index (κ2) is 5.02. The van der Waals surface area contributed by atoms with Gasteiger partial charge in [0.15, 0.2) is 11.6 Å². The van der Waals surface area contributed by atoms with Gasteiger partial charge >= 0.3 is 0 Å². The Morgan fingerprint density at radius 1 is 1.16 bits per heavy atom. The molecular weight excluding hydrogens is 259 g/mol. The van der Waals surface area contributed by atoms with Gasteiger partial charge < -0.3 is 4.74 Å². The molecule has 0 aliphatic rings. The second-order valence-electron chi connectivity index (χ2n) is 4.48. The number of halogens is 1. The highest BCUT2D eigenvalue weighted by Gasteiger charge is 2.07. The van der Waals surface area contributed by atoms with E-state index in [4.69, 9.17) is 4.74 Å². The molecule has 3 heteroatoms. The predicted molar refractivity (Wildman–Crippen MR) is 77.3 cm³/mol. The van der Waals surface area contributed by atoms with Gasteiger partial charge in [0.25, 0.3) is 0 Å². The van der Waals surface area contributed by atoms with Crippen LogP contribution in [0.3, 0.4) is 0 Å². The number of fused-ring (bicyclic) bond motifs is 1.